The number of anilines is 2. The molecule has 1 N–H and O–H groups in total. The molecule has 45 heavy (non-hydrogen) atoms. The zero-order chi connectivity index (χ0) is 31.0. The van der Waals surface area contributed by atoms with Crippen LogP contribution in [0.15, 0.2) is 88.5 Å². The first-order chi connectivity index (χ1) is 21.8. The second-order valence-electron chi connectivity index (χ2n) is 10.4. The molecule has 2 aliphatic rings. The summed E-state index contributed by atoms with van der Waals surface area (Å²) < 4.78 is 52.1. The van der Waals surface area contributed by atoms with Crippen LogP contribution in [-0.4, -0.2) is 68.9 Å². The number of Topliss-reactive ketones (excluding diaryl/α,β-unsaturated/α-hetero) is 1. The first-order valence-electron chi connectivity index (χ1n) is 14.1. The van der Waals surface area contributed by atoms with Crippen molar-refractivity contribution in [3.05, 3.63) is 102 Å². The predicted octanol–water partition coefficient (Wildman–Crippen LogP) is 4.57. The number of hydrogen-bond acceptors (Lipinski definition) is 10. The third-order valence-electron chi connectivity index (χ3n) is 7.47. The molecule has 3 aromatic heterocycles. The number of morpholine rings is 1. The van der Waals surface area contributed by atoms with E-state index in [1.807, 2.05) is 59.5 Å². The number of pyridine rings is 1. The second kappa shape index (κ2) is 11.6. The number of benzene rings is 2. The fourth-order valence-corrected chi connectivity index (χ4v) is 5.25. The Bertz CT molecular complexity index is 1860. The first kappa shape index (κ1) is 28.4. The number of nitrogens with one attached hydrogen (secondary N) is 1. The van der Waals surface area contributed by atoms with Crippen LogP contribution >= 0.6 is 0 Å². The van der Waals surface area contributed by atoms with Crippen LogP contribution in [0.3, 0.4) is 0 Å². The number of halogens is 3. The SMILES string of the molecule is O=C1Cc2ccccc2C(c2ccccc2)=N[C@@H]1Nc1nnc(-c2cn(-c3ccc(C(F)(F)F)nc3)nc2N2CCOCC2)o1. The minimum absolute atomic E-state index is 0.0256. The third kappa shape index (κ3) is 5.79. The van der Waals surface area contributed by atoms with E-state index < -0.39 is 18.0 Å². The van der Waals surface area contributed by atoms with Crippen molar-refractivity contribution < 1.29 is 27.1 Å². The predicted molar refractivity (Wildman–Crippen MR) is 157 cm³/mol. The Morgan fingerprint density at radius 1 is 0.911 bits per heavy atom. The molecule has 5 heterocycles. The minimum Gasteiger partial charge on any atom is -0.403 e. The maximum Gasteiger partial charge on any atom is 0.433 e. The highest BCUT2D eigenvalue weighted by atomic mass is 19.4. The molecule has 0 amide bonds. The van der Waals surface area contributed by atoms with Crippen LogP contribution in [0.4, 0.5) is 25.0 Å². The molecule has 0 radical (unpaired) electrons. The van der Waals surface area contributed by atoms with Gasteiger partial charge in [0.1, 0.15) is 11.3 Å². The molecule has 2 aromatic carbocycles. The van der Waals surface area contributed by atoms with E-state index in [2.05, 4.69) is 25.6 Å². The van der Waals surface area contributed by atoms with Gasteiger partial charge in [0.05, 0.1) is 30.8 Å². The molecule has 0 aliphatic carbocycles. The highest BCUT2D eigenvalue weighted by molar-refractivity contribution is 6.16. The van der Waals surface area contributed by atoms with Gasteiger partial charge in [-0.3, -0.25) is 9.79 Å². The van der Waals surface area contributed by atoms with Gasteiger partial charge in [-0.05, 0) is 17.7 Å². The van der Waals surface area contributed by atoms with Gasteiger partial charge in [0, 0.05) is 36.8 Å². The molecule has 0 saturated carbocycles. The quantitative estimate of drug-likeness (QED) is 0.293. The fourth-order valence-electron chi connectivity index (χ4n) is 5.25. The maximum atomic E-state index is 13.4. The molecule has 0 bridgehead atoms. The topological polar surface area (TPSA) is 124 Å². The summed E-state index contributed by atoms with van der Waals surface area (Å²) in [5.41, 5.74) is 3.01. The molecule has 1 atom stereocenters. The molecule has 1 fully saturated rings. The molecular weight excluding hydrogens is 589 g/mol. The van der Waals surface area contributed by atoms with Gasteiger partial charge in [0.15, 0.2) is 17.8 Å². The van der Waals surface area contributed by atoms with E-state index in [4.69, 9.17) is 14.1 Å². The van der Waals surface area contributed by atoms with Crippen LogP contribution in [0.25, 0.3) is 17.1 Å². The monoisotopic (exact) mass is 614 g/mol. The van der Waals surface area contributed by atoms with Crippen LogP contribution in [0, 0.1) is 0 Å². The van der Waals surface area contributed by atoms with Crippen molar-refractivity contribution in [2.45, 2.75) is 18.8 Å². The third-order valence-corrected chi connectivity index (χ3v) is 7.47. The number of alkyl halides is 3. The molecule has 11 nitrogen and oxygen atoms in total. The number of nitrogens with zero attached hydrogens (tertiary/aromatic N) is 7. The number of rotatable bonds is 6. The van der Waals surface area contributed by atoms with Gasteiger partial charge in [0.2, 0.25) is 0 Å². The van der Waals surface area contributed by atoms with Gasteiger partial charge >= 0.3 is 12.2 Å². The summed E-state index contributed by atoms with van der Waals surface area (Å²) >= 11 is 0. The number of aliphatic imine (C=N–C) groups is 1. The van der Waals surface area contributed by atoms with Crippen molar-refractivity contribution in [3.8, 4) is 17.1 Å². The molecule has 0 unspecified atom stereocenters. The average molecular weight is 615 g/mol. The first-order valence-corrected chi connectivity index (χ1v) is 14.1. The summed E-state index contributed by atoms with van der Waals surface area (Å²) in [6.45, 7) is 2.00. The largest absolute Gasteiger partial charge is 0.433 e. The van der Waals surface area contributed by atoms with E-state index >= 15 is 0 Å². The summed E-state index contributed by atoms with van der Waals surface area (Å²) in [4.78, 5) is 23.7. The van der Waals surface area contributed by atoms with E-state index in [1.165, 1.54) is 10.7 Å². The fraction of sp³-hybridized carbons (Fsp3) is 0.226. The molecule has 5 aromatic rings. The second-order valence-corrected chi connectivity index (χ2v) is 10.4. The lowest BCUT2D eigenvalue weighted by molar-refractivity contribution is -0.141. The lowest BCUT2D eigenvalue weighted by Crippen LogP contribution is -2.36. The molecule has 2 aliphatic heterocycles. The van der Waals surface area contributed by atoms with Gasteiger partial charge in [-0.1, -0.05) is 59.7 Å². The number of fused-ring (bicyclic) bond motifs is 1. The molecule has 0 spiro atoms. The molecule has 7 rings (SSSR count). The number of ketones is 1. The van der Waals surface area contributed by atoms with Gasteiger partial charge in [0.25, 0.3) is 5.89 Å². The zero-order valence-electron chi connectivity index (χ0n) is 23.6. The number of carbonyl (C=O) groups excluding carboxylic acids is 1. The Balaban J connectivity index is 1.21. The van der Waals surface area contributed by atoms with Crippen molar-refractivity contribution in [1.82, 2.24) is 25.0 Å². The van der Waals surface area contributed by atoms with Crippen molar-refractivity contribution in [2.75, 3.05) is 36.5 Å². The lowest BCUT2D eigenvalue weighted by Gasteiger charge is -2.27. The van der Waals surface area contributed by atoms with Gasteiger partial charge in [-0.25, -0.2) is 9.67 Å². The Labute approximate surface area is 254 Å². The lowest BCUT2D eigenvalue weighted by atomic mass is 9.96. The van der Waals surface area contributed by atoms with Crippen LogP contribution < -0.4 is 10.2 Å². The van der Waals surface area contributed by atoms with Gasteiger partial charge < -0.3 is 19.4 Å². The molecule has 1 saturated heterocycles. The van der Waals surface area contributed by atoms with Crippen LogP contribution in [0.1, 0.15) is 22.4 Å². The van der Waals surface area contributed by atoms with E-state index in [9.17, 15) is 18.0 Å². The van der Waals surface area contributed by atoms with E-state index in [1.54, 1.807) is 6.20 Å². The molecule has 228 valence electrons. The Morgan fingerprint density at radius 2 is 1.69 bits per heavy atom. The number of hydrogen-bond donors (Lipinski definition) is 1. The molecular formula is C31H25F3N8O3. The standard InChI is InChI=1S/C31H25F3N8O3/c32-31(33,34)25-11-10-21(17-35-25)42-18-23(28(40-42)41-12-14-44-15-13-41)29-38-39-30(45-29)37-27-24(43)16-20-8-4-5-9-22(20)26(36-27)19-6-2-1-3-7-19/h1-11,17-18,27H,12-16H2,(H,37,39)/t27-/m1/s1. The van der Waals surface area contributed by atoms with Gasteiger partial charge in [-0.15, -0.1) is 10.2 Å². The van der Waals surface area contributed by atoms with E-state index in [0.29, 0.717) is 49.1 Å². The maximum absolute atomic E-state index is 13.4. The van der Waals surface area contributed by atoms with Crippen molar-refractivity contribution in [3.63, 3.8) is 0 Å². The Kier molecular flexibility index (Phi) is 7.33. The zero-order valence-corrected chi connectivity index (χ0v) is 23.6. The summed E-state index contributed by atoms with van der Waals surface area (Å²) in [5.74, 6) is 0.408. The summed E-state index contributed by atoms with van der Waals surface area (Å²) in [5, 5.41) is 16.0. The highest BCUT2D eigenvalue weighted by Crippen LogP contribution is 2.33. The van der Waals surface area contributed by atoms with Crippen LogP contribution in [0.5, 0.6) is 0 Å². The van der Waals surface area contributed by atoms with E-state index in [0.717, 1.165) is 29.0 Å². The number of carbonyl (C=O) groups is 1. The van der Waals surface area contributed by atoms with Crippen molar-refractivity contribution >= 4 is 23.3 Å². The number of aromatic nitrogens is 5. The average Bonchev–Trinajstić information content (AvgIpc) is 3.68. The van der Waals surface area contributed by atoms with Crippen LogP contribution in [-0.2, 0) is 22.1 Å². The summed E-state index contributed by atoms with van der Waals surface area (Å²) in [6.07, 6.45) is -2.72. The molecule has 14 heteroatoms. The van der Waals surface area contributed by atoms with Crippen LogP contribution in [0.2, 0.25) is 0 Å². The summed E-state index contributed by atoms with van der Waals surface area (Å²) in [6, 6.07) is 19.4. The Morgan fingerprint density at radius 3 is 2.44 bits per heavy atom. The van der Waals surface area contributed by atoms with E-state index in [-0.39, 0.29) is 24.1 Å². The van der Waals surface area contributed by atoms with Crippen molar-refractivity contribution in [2.24, 2.45) is 4.99 Å². The normalized spacial score (nSPS) is 17.0. The highest BCUT2D eigenvalue weighted by Gasteiger charge is 2.33. The smallest absolute Gasteiger partial charge is 0.403 e. The summed E-state index contributed by atoms with van der Waals surface area (Å²) in [7, 11) is 0. The van der Waals surface area contributed by atoms with Crippen molar-refractivity contribution in [1.29, 1.82) is 0 Å². The minimum atomic E-state index is -4.56. The van der Waals surface area contributed by atoms with Gasteiger partial charge in [-0.2, -0.15) is 13.2 Å². The Hall–Kier alpha value is -5.37. The number of ether oxygens (including phenoxy) is 1.